The molecule has 0 spiro atoms. The predicted octanol–water partition coefficient (Wildman–Crippen LogP) is 2.09. The van der Waals surface area contributed by atoms with E-state index in [-0.39, 0.29) is 5.97 Å². The van der Waals surface area contributed by atoms with Crippen LogP contribution in [0.1, 0.15) is 47.5 Å². The quantitative estimate of drug-likeness (QED) is 0.709. The molecule has 0 saturated carbocycles. The minimum atomic E-state index is -0.475. The van der Waals surface area contributed by atoms with Gasteiger partial charge in [0.25, 0.3) is 0 Å². The highest BCUT2D eigenvalue weighted by molar-refractivity contribution is 5.75. The summed E-state index contributed by atoms with van der Waals surface area (Å²) in [6, 6.07) is -0.475. The van der Waals surface area contributed by atoms with Crippen molar-refractivity contribution in [3.63, 3.8) is 0 Å². The number of nitrogens with two attached hydrogens (primary N) is 1. The summed E-state index contributed by atoms with van der Waals surface area (Å²) in [7, 11) is 0. The van der Waals surface area contributed by atoms with Crippen molar-refractivity contribution in [2.75, 3.05) is 0 Å². The number of esters is 1. The van der Waals surface area contributed by atoms with Gasteiger partial charge >= 0.3 is 5.97 Å². The van der Waals surface area contributed by atoms with Gasteiger partial charge in [-0.25, -0.2) is 0 Å². The summed E-state index contributed by atoms with van der Waals surface area (Å²) >= 11 is 0. The van der Waals surface area contributed by atoms with Crippen LogP contribution in [0.4, 0.5) is 0 Å². The Morgan fingerprint density at radius 2 is 1.79 bits per heavy atom. The van der Waals surface area contributed by atoms with E-state index in [4.69, 9.17) is 10.5 Å². The molecule has 0 aromatic heterocycles. The molecule has 1 unspecified atom stereocenters. The van der Waals surface area contributed by atoms with Gasteiger partial charge in [-0.2, -0.15) is 0 Å². The third-order valence-corrected chi connectivity index (χ3v) is 1.76. The van der Waals surface area contributed by atoms with Crippen LogP contribution < -0.4 is 5.73 Å². The number of ether oxygens (including phenoxy) is 1. The second kappa shape index (κ2) is 5.35. The molecule has 2 N–H and O–H groups in total. The molecule has 0 aromatic rings. The van der Waals surface area contributed by atoms with Crippen molar-refractivity contribution < 1.29 is 9.53 Å². The normalized spacial score (nSPS) is 14.2. The number of carbonyl (C=O) groups is 1. The third kappa shape index (κ3) is 6.89. The first-order valence-electron chi connectivity index (χ1n) is 5.21. The molecule has 0 aliphatic carbocycles. The third-order valence-electron chi connectivity index (χ3n) is 1.76. The Morgan fingerprint density at radius 1 is 1.29 bits per heavy atom. The molecule has 0 radical (unpaired) electrons. The molecule has 0 aliphatic rings. The smallest absolute Gasteiger partial charge is 0.323 e. The highest BCUT2D eigenvalue weighted by Gasteiger charge is 2.21. The zero-order chi connectivity index (χ0) is 11.4. The molecule has 14 heavy (non-hydrogen) atoms. The van der Waals surface area contributed by atoms with E-state index in [1.54, 1.807) is 0 Å². The van der Waals surface area contributed by atoms with E-state index in [1.807, 2.05) is 20.8 Å². The maximum absolute atomic E-state index is 11.4. The molecule has 84 valence electrons. The molecule has 0 bridgehead atoms. The molecule has 0 rings (SSSR count). The lowest BCUT2D eigenvalue weighted by atomic mass is 10.0. The number of hydrogen-bond donors (Lipinski definition) is 1. The highest BCUT2D eigenvalue weighted by atomic mass is 16.6. The maximum Gasteiger partial charge on any atom is 0.323 e. The van der Waals surface area contributed by atoms with Crippen LogP contribution in [0, 0.1) is 5.92 Å². The van der Waals surface area contributed by atoms with Crippen LogP contribution in [-0.2, 0) is 9.53 Å². The Balaban J connectivity index is 3.88. The summed E-state index contributed by atoms with van der Waals surface area (Å²) in [4.78, 5) is 11.4. The van der Waals surface area contributed by atoms with E-state index in [0.29, 0.717) is 12.3 Å². The molecule has 0 saturated heterocycles. The number of hydrogen-bond acceptors (Lipinski definition) is 3. The largest absolute Gasteiger partial charge is 0.459 e. The molecule has 0 amide bonds. The van der Waals surface area contributed by atoms with Crippen molar-refractivity contribution in [1.82, 2.24) is 0 Å². The van der Waals surface area contributed by atoms with E-state index in [0.717, 1.165) is 6.42 Å². The van der Waals surface area contributed by atoms with Gasteiger partial charge < -0.3 is 10.5 Å². The highest BCUT2D eigenvalue weighted by Crippen LogP contribution is 2.11. The van der Waals surface area contributed by atoms with Gasteiger partial charge in [0.1, 0.15) is 11.6 Å². The van der Waals surface area contributed by atoms with Gasteiger partial charge in [0.2, 0.25) is 0 Å². The zero-order valence-corrected chi connectivity index (χ0v) is 9.96. The molecule has 0 aliphatic heterocycles. The summed E-state index contributed by atoms with van der Waals surface area (Å²) in [6.45, 7) is 9.77. The lowest BCUT2D eigenvalue weighted by Gasteiger charge is -2.22. The molecular formula is C11H23NO2. The first-order valence-corrected chi connectivity index (χ1v) is 5.21. The minimum absolute atomic E-state index is 0.293. The van der Waals surface area contributed by atoms with Crippen LogP contribution in [0.15, 0.2) is 0 Å². The Morgan fingerprint density at radius 3 is 2.14 bits per heavy atom. The van der Waals surface area contributed by atoms with Crippen LogP contribution in [0.2, 0.25) is 0 Å². The molecular weight excluding hydrogens is 178 g/mol. The summed E-state index contributed by atoms with van der Waals surface area (Å²) < 4.78 is 5.17. The van der Waals surface area contributed by atoms with Crippen molar-refractivity contribution in [2.24, 2.45) is 11.7 Å². The predicted molar refractivity (Wildman–Crippen MR) is 57.9 cm³/mol. The summed E-state index contributed by atoms with van der Waals surface area (Å²) in [6.07, 6.45) is 1.66. The van der Waals surface area contributed by atoms with Crippen molar-refractivity contribution >= 4 is 5.97 Å². The van der Waals surface area contributed by atoms with Crippen molar-refractivity contribution in [3.8, 4) is 0 Å². The van der Waals surface area contributed by atoms with Crippen LogP contribution in [0.25, 0.3) is 0 Å². The van der Waals surface area contributed by atoms with Crippen LogP contribution in [-0.4, -0.2) is 17.6 Å². The minimum Gasteiger partial charge on any atom is -0.459 e. The van der Waals surface area contributed by atoms with Crippen molar-refractivity contribution in [1.29, 1.82) is 0 Å². The maximum atomic E-state index is 11.4. The lowest BCUT2D eigenvalue weighted by Crippen LogP contribution is -2.37. The van der Waals surface area contributed by atoms with Gasteiger partial charge in [-0.3, -0.25) is 4.79 Å². The summed E-state index contributed by atoms with van der Waals surface area (Å²) in [5.41, 5.74) is 5.26. The van der Waals surface area contributed by atoms with Gasteiger partial charge in [-0.1, -0.05) is 13.8 Å². The average molecular weight is 201 g/mol. The fourth-order valence-corrected chi connectivity index (χ4v) is 1.01. The standard InChI is InChI=1S/C11H23NO2/c1-8(2)6-7-9(12)10(13)14-11(3,4)5/h8-9H,6-7,12H2,1-5H3. The summed E-state index contributed by atoms with van der Waals surface area (Å²) in [5, 5.41) is 0. The van der Waals surface area contributed by atoms with Gasteiger partial charge in [0.05, 0.1) is 0 Å². The average Bonchev–Trinajstić information content (AvgIpc) is 1.96. The van der Waals surface area contributed by atoms with Gasteiger partial charge in [0.15, 0.2) is 0 Å². The topological polar surface area (TPSA) is 52.3 Å². The van der Waals surface area contributed by atoms with Crippen LogP contribution in [0.3, 0.4) is 0 Å². The lowest BCUT2D eigenvalue weighted by molar-refractivity contribution is -0.156. The second-order valence-corrected chi connectivity index (χ2v) is 5.11. The monoisotopic (exact) mass is 201 g/mol. The fraction of sp³-hybridized carbons (Fsp3) is 0.909. The van der Waals surface area contributed by atoms with E-state index in [9.17, 15) is 4.79 Å². The Bertz CT molecular complexity index is 182. The van der Waals surface area contributed by atoms with Crippen molar-refractivity contribution in [3.05, 3.63) is 0 Å². The van der Waals surface area contributed by atoms with E-state index in [1.165, 1.54) is 0 Å². The van der Waals surface area contributed by atoms with Crippen LogP contribution >= 0.6 is 0 Å². The summed E-state index contributed by atoms with van der Waals surface area (Å²) in [5.74, 6) is 0.279. The SMILES string of the molecule is CC(C)CCC(N)C(=O)OC(C)(C)C. The molecule has 0 fully saturated rings. The second-order valence-electron chi connectivity index (χ2n) is 5.11. The number of rotatable bonds is 4. The Hall–Kier alpha value is -0.570. The van der Waals surface area contributed by atoms with Crippen LogP contribution in [0.5, 0.6) is 0 Å². The van der Waals surface area contributed by atoms with Gasteiger partial charge in [-0.15, -0.1) is 0 Å². The van der Waals surface area contributed by atoms with E-state index in [2.05, 4.69) is 13.8 Å². The first kappa shape index (κ1) is 13.4. The molecule has 0 aromatic carbocycles. The van der Waals surface area contributed by atoms with Gasteiger partial charge in [-0.05, 0) is 39.5 Å². The van der Waals surface area contributed by atoms with E-state index < -0.39 is 11.6 Å². The molecule has 0 heterocycles. The zero-order valence-electron chi connectivity index (χ0n) is 9.96. The van der Waals surface area contributed by atoms with Gasteiger partial charge in [0, 0.05) is 0 Å². The molecule has 3 heteroatoms. The van der Waals surface area contributed by atoms with Crippen molar-refractivity contribution in [2.45, 2.75) is 59.1 Å². The Kier molecular flexibility index (Phi) is 5.13. The fourth-order valence-electron chi connectivity index (χ4n) is 1.01. The number of carbonyl (C=O) groups excluding carboxylic acids is 1. The molecule has 3 nitrogen and oxygen atoms in total. The first-order chi connectivity index (χ1) is 6.22. The molecule has 1 atom stereocenters. The van der Waals surface area contributed by atoms with E-state index >= 15 is 0 Å². The Labute approximate surface area is 87.0 Å².